The van der Waals surface area contributed by atoms with Crippen LogP contribution in [0.2, 0.25) is 0 Å². The summed E-state index contributed by atoms with van der Waals surface area (Å²) in [6.45, 7) is 4.11. The molecule has 43 heavy (non-hydrogen) atoms. The van der Waals surface area contributed by atoms with E-state index in [1.54, 1.807) is 21.6 Å². The van der Waals surface area contributed by atoms with Gasteiger partial charge in [-0.25, -0.2) is 0 Å². The van der Waals surface area contributed by atoms with Crippen LogP contribution in [0.3, 0.4) is 0 Å². The van der Waals surface area contributed by atoms with Crippen LogP contribution < -0.4 is 29.9 Å². The molecule has 7 rings (SSSR count). The maximum absolute atomic E-state index is 13.4. The van der Waals surface area contributed by atoms with Crippen LogP contribution in [0.5, 0.6) is 0 Å². The Balaban J connectivity index is 1.01. The zero-order chi connectivity index (χ0) is 29.7. The van der Waals surface area contributed by atoms with Gasteiger partial charge in [-0.15, -0.1) is 0 Å². The topological polar surface area (TPSA) is 107 Å². The van der Waals surface area contributed by atoms with E-state index in [0.717, 1.165) is 63.3 Å². The van der Waals surface area contributed by atoms with Crippen molar-refractivity contribution in [1.29, 1.82) is 0 Å². The molecule has 2 atom stereocenters. The summed E-state index contributed by atoms with van der Waals surface area (Å²) >= 11 is -0.569. The van der Waals surface area contributed by atoms with Crippen molar-refractivity contribution in [2.75, 3.05) is 48.2 Å². The van der Waals surface area contributed by atoms with E-state index in [1.807, 2.05) is 22.1 Å². The zero-order valence-electron chi connectivity index (χ0n) is 24.1. The summed E-state index contributed by atoms with van der Waals surface area (Å²) in [5.41, 5.74) is 2.42. The summed E-state index contributed by atoms with van der Waals surface area (Å²) in [6, 6.07) is 4.09. The van der Waals surface area contributed by atoms with E-state index in [1.165, 1.54) is 0 Å². The van der Waals surface area contributed by atoms with E-state index in [9.17, 15) is 18.4 Å². The number of hydrogen-bond acceptors (Lipinski definition) is 8. The number of anilines is 3. The Morgan fingerprint density at radius 1 is 1.14 bits per heavy atom. The minimum absolute atomic E-state index is 0.0486. The molecule has 6 heterocycles. The number of aromatic nitrogens is 5. The fraction of sp³-hybridized carbons (Fsp3) is 0.607. The Hall–Kier alpha value is -3.08. The number of rotatable bonds is 7. The van der Waals surface area contributed by atoms with Crippen molar-refractivity contribution in [2.24, 2.45) is 5.92 Å². The van der Waals surface area contributed by atoms with Crippen LogP contribution in [0.25, 0.3) is 5.65 Å². The van der Waals surface area contributed by atoms with Gasteiger partial charge in [0, 0.05) is 26.2 Å². The van der Waals surface area contributed by atoms with Crippen LogP contribution >= 0.6 is 0 Å². The third kappa shape index (κ3) is 6.01. The number of carbonyl (C=O) groups is 2. The number of pyridine rings is 1. The van der Waals surface area contributed by atoms with Crippen molar-refractivity contribution >= 4 is 34.8 Å². The molecule has 0 radical (unpaired) electrons. The largest absolute Gasteiger partial charge is 0.0333 e. The van der Waals surface area contributed by atoms with Gasteiger partial charge < -0.3 is 4.90 Å². The minimum Gasteiger partial charge on any atom is 0.0157 e. The average molecular weight is 710 g/mol. The first kappa shape index (κ1) is 28.7. The standard InChI is InChI=1S/C28H36F2IN10O2/c1-36-8-10-37(11-9-36)25(43)18-38-16-20(15-32-38)33-27-34-26-22(5-3-7-40(26)35-27)39-17-21-4-2-6-23(31-39)41(21)24(42)12-19-13-28(29,30)14-19/h3,5,7,15-16,19,21,23H,2,4,6,8-14,17-18H2,1H3,(H,33,35)/q-1. The summed E-state index contributed by atoms with van der Waals surface area (Å²) in [4.78, 5) is 36.9. The molecule has 1 saturated carbocycles. The molecule has 3 aromatic heterocycles. The van der Waals surface area contributed by atoms with Crippen LogP contribution in [-0.2, 0) is 16.1 Å². The molecule has 0 spiro atoms. The SMILES string of the molecule is CN1CCN(C(=O)Cn2cc(Nc3nc4c(N5CC6CCCC([I-]5)N6C(=O)CC5CC(F)(F)C5)cccn4n3)cn2)CC1. The molecule has 12 nitrogen and oxygen atoms in total. The third-order valence-corrected chi connectivity index (χ3v) is 12.3. The van der Waals surface area contributed by atoms with Crippen molar-refractivity contribution in [3.8, 4) is 0 Å². The minimum atomic E-state index is -2.60. The van der Waals surface area contributed by atoms with Gasteiger partial charge in [0.15, 0.2) is 0 Å². The van der Waals surface area contributed by atoms with Crippen molar-refractivity contribution in [3.63, 3.8) is 0 Å². The van der Waals surface area contributed by atoms with Gasteiger partial charge in [-0.1, -0.05) is 0 Å². The number of amides is 2. The van der Waals surface area contributed by atoms with Crippen LogP contribution in [0.4, 0.5) is 26.1 Å². The molecule has 3 saturated heterocycles. The average Bonchev–Trinajstić information content (AvgIpc) is 3.57. The molecule has 4 aliphatic rings. The van der Waals surface area contributed by atoms with Gasteiger partial charge in [0.1, 0.15) is 0 Å². The maximum Gasteiger partial charge on any atom is 0.0333 e. The maximum atomic E-state index is 13.4. The number of likely N-dealkylation sites (N-methyl/N-ethyl adjacent to an activating group) is 1. The predicted molar refractivity (Wildman–Crippen MR) is 150 cm³/mol. The molecule has 3 aromatic rings. The van der Waals surface area contributed by atoms with Crippen LogP contribution in [0, 0.1) is 5.92 Å². The van der Waals surface area contributed by atoms with Crippen LogP contribution in [-0.4, -0.2) is 107 Å². The number of hydrogen-bond donors (Lipinski definition) is 1. The van der Waals surface area contributed by atoms with Gasteiger partial charge >= 0.3 is 222 Å². The summed E-state index contributed by atoms with van der Waals surface area (Å²) in [6.07, 6.45) is 8.19. The number of nitrogens with one attached hydrogen (secondary N) is 1. The zero-order valence-corrected chi connectivity index (χ0v) is 26.2. The van der Waals surface area contributed by atoms with E-state index in [4.69, 9.17) is 4.98 Å². The second-order valence-electron chi connectivity index (χ2n) is 12.1. The molecule has 2 unspecified atom stereocenters. The van der Waals surface area contributed by atoms with E-state index < -0.39 is 27.4 Å². The fourth-order valence-electron chi connectivity index (χ4n) is 6.53. The molecule has 0 aromatic carbocycles. The predicted octanol–water partition coefficient (Wildman–Crippen LogP) is -0.590. The van der Waals surface area contributed by atoms with Crippen LogP contribution in [0.15, 0.2) is 30.7 Å². The first-order chi connectivity index (χ1) is 20.7. The summed E-state index contributed by atoms with van der Waals surface area (Å²) in [7, 11) is 2.06. The van der Waals surface area contributed by atoms with E-state index in [-0.39, 0.29) is 53.6 Å². The molecule has 3 aliphatic heterocycles. The number of alkyl halides is 3. The molecule has 1 N–H and O–H groups in total. The first-order valence-electron chi connectivity index (χ1n) is 14.9. The summed E-state index contributed by atoms with van der Waals surface area (Å²) in [5, 5.41) is 12.2. The van der Waals surface area contributed by atoms with Crippen molar-refractivity contribution in [2.45, 2.75) is 61.1 Å². The normalized spacial score (nSPS) is 24.5. The molecule has 232 valence electrons. The van der Waals surface area contributed by atoms with E-state index in [0.29, 0.717) is 11.6 Å². The Morgan fingerprint density at radius 3 is 2.72 bits per heavy atom. The summed E-state index contributed by atoms with van der Waals surface area (Å²) < 4.78 is 32.7. The number of nitrogens with zero attached hydrogens (tertiary/aromatic N) is 9. The number of carbonyl (C=O) groups excluding carboxylic acids is 2. The molecule has 15 heteroatoms. The molecular weight excluding hydrogens is 673 g/mol. The van der Waals surface area contributed by atoms with Crippen molar-refractivity contribution < 1.29 is 39.8 Å². The molecule has 1 aliphatic carbocycles. The fourth-order valence-corrected chi connectivity index (χ4v) is 10.4. The second-order valence-corrected chi connectivity index (χ2v) is 15.3. The Morgan fingerprint density at radius 2 is 1.95 bits per heavy atom. The quantitative estimate of drug-likeness (QED) is 0.150. The Bertz CT molecular complexity index is 1480. The Labute approximate surface area is 259 Å². The smallest absolute Gasteiger partial charge is 0.0157 e. The van der Waals surface area contributed by atoms with Crippen LogP contribution in [0.1, 0.15) is 38.5 Å². The Kier molecular flexibility index (Phi) is 7.63. The molecule has 2 bridgehead atoms. The number of piperazine rings is 1. The monoisotopic (exact) mass is 709 g/mol. The number of fused-ring (bicyclic) bond motifs is 3. The molecule has 4 fully saturated rings. The van der Waals surface area contributed by atoms with E-state index in [2.05, 4.69) is 36.6 Å². The third-order valence-electron chi connectivity index (χ3n) is 8.85. The van der Waals surface area contributed by atoms with Gasteiger partial charge in [0.2, 0.25) is 0 Å². The van der Waals surface area contributed by atoms with Gasteiger partial charge in [-0.2, -0.15) is 0 Å². The van der Waals surface area contributed by atoms with Crippen molar-refractivity contribution in [1.82, 2.24) is 39.1 Å². The van der Waals surface area contributed by atoms with Gasteiger partial charge in [-0.3, -0.25) is 0 Å². The molecular formula is C28H36F2IN10O2-. The van der Waals surface area contributed by atoms with Crippen molar-refractivity contribution in [3.05, 3.63) is 30.7 Å². The van der Waals surface area contributed by atoms with Gasteiger partial charge in [-0.05, 0) is 7.05 Å². The van der Waals surface area contributed by atoms with Gasteiger partial charge in [0.25, 0.3) is 0 Å². The van der Waals surface area contributed by atoms with Gasteiger partial charge in [0.05, 0.1) is 0 Å². The second kappa shape index (κ2) is 11.4. The number of piperidine rings is 1. The summed E-state index contributed by atoms with van der Waals surface area (Å²) in [5.74, 6) is -2.26. The molecule has 2 amide bonds. The van der Waals surface area contributed by atoms with E-state index >= 15 is 0 Å². The first-order valence-corrected chi connectivity index (χ1v) is 17.1. The number of halogens is 3.